The van der Waals surface area contributed by atoms with Crippen LogP contribution in [0.1, 0.15) is 11.6 Å². The van der Waals surface area contributed by atoms with Crippen molar-refractivity contribution in [2.45, 2.75) is 18.7 Å². The van der Waals surface area contributed by atoms with Crippen LogP contribution >= 0.6 is 11.8 Å². The second-order valence-corrected chi connectivity index (χ2v) is 4.11. The fourth-order valence-electron chi connectivity index (χ4n) is 1.31. The average molecular weight is 254 g/mol. The summed E-state index contributed by atoms with van der Waals surface area (Å²) in [5, 5.41) is 7.86. The Hall–Kier alpha value is -1.83. The highest BCUT2D eigenvalue weighted by Crippen LogP contribution is 2.11. The number of nitrogens with one attached hydrogen (secondary N) is 1. The minimum atomic E-state index is -0.487. The van der Waals surface area contributed by atoms with Gasteiger partial charge in [-0.05, 0) is 13.2 Å². The highest BCUT2D eigenvalue weighted by atomic mass is 32.2. The van der Waals surface area contributed by atoms with E-state index in [4.69, 9.17) is 4.42 Å². The smallest absolute Gasteiger partial charge is 0.329 e. The first kappa shape index (κ1) is 11.6. The summed E-state index contributed by atoms with van der Waals surface area (Å²) in [5.74, 6) is 0.228. The average Bonchev–Trinajstić information content (AvgIpc) is 2.71. The molecule has 0 fully saturated rings. The molecular weight excluding hydrogens is 244 g/mol. The number of thioether (sulfide) groups is 1. The molecule has 90 valence electrons. The van der Waals surface area contributed by atoms with Crippen molar-refractivity contribution in [3.8, 4) is 0 Å². The maximum Gasteiger partial charge on any atom is 0.329 e. The van der Waals surface area contributed by atoms with Gasteiger partial charge in [0.15, 0.2) is 0 Å². The molecule has 0 atom stereocenters. The van der Waals surface area contributed by atoms with E-state index in [-0.39, 0.29) is 12.4 Å². The van der Waals surface area contributed by atoms with E-state index in [0.717, 1.165) is 4.57 Å². The number of hydrogen-bond acceptors (Lipinski definition) is 6. The zero-order valence-electron chi connectivity index (χ0n) is 9.26. The van der Waals surface area contributed by atoms with Gasteiger partial charge in [0.1, 0.15) is 6.54 Å². The van der Waals surface area contributed by atoms with Crippen LogP contribution in [0, 0.1) is 6.92 Å². The zero-order valence-corrected chi connectivity index (χ0v) is 10.1. The lowest BCUT2D eigenvalue weighted by Gasteiger charge is -2.00. The van der Waals surface area contributed by atoms with Gasteiger partial charge in [0.2, 0.25) is 5.89 Å². The Morgan fingerprint density at radius 1 is 1.47 bits per heavy atom. The van der Waals surface area contributed by atoms with Crippen molar-refractivity contribution in [3.63, 3.8) is 0 Å². The molecule has 8 heteroatoms. The van der Waals surface area contributed by atoms with Crippen molar-refractivity contribution in [2.75, 3.05) is 6.26 Å². The fourth-order valence-corrected chi connectivity index (χ4v) is 1.61. The second-order valence-electron chi connectivity index (χ2n) is 3.35. The summed E-state index contributed by atoms with van der Waals surface area (Å²) in [7, 11) is 0. The summed E-state index contributed by atoms with van der Waals surface area (Å²) < 4.78 is 6.21. The van der Waals surface area contributed by atoms with Gasteiger partial charge in [-0.1, -0.05) is 11.8 Å². The van der Waals surface area contributed by atoms with Crippen LogP contribution in [-0.4, -0.2) is 26.0 Å². The summed E-state index contributed by atoms with van der Waals surface area (Å²) in [5.41, 5.74) is -0.361. The maximum atomic E-state index is 11.6. The van der Waals surface area contributed by atoms with Crippen molar-refractivity contribution < 1.29 is 4.42 Å². The minimum Gasteiger partial charge on any atom is -0.414 e. The third-order valence-corrected chi connectivity index (χ3v) is 2.59. The predicted molar refractivity (Wildman–Crippen MR) is 61.2 cm³/mol. The molecule has 0 saturated carbocycles. The van der Waals surface area contributed by atoms with E-state index in [9.17, 15) is 9.59 Å². The molecule has 2 rings (SSSR count). The molecule has 17 heavy (non-hydrogen) atoms. The van der Waals surface area contributed by atoms with Gasteiger partial charge in [0, 0.05) is 11.8 Å². The van der Waals surface area contributed by atoms with Crippen LogP contribution in [0.15, 0.2) is 25.3 Å². The normalized spacial score (nSPS) is 10.7. The lowest BCUT2D eigenvalue weighted by atomic mass is 10.4. The van der Waals surface area contributed by atoms with Crippen LogP contribution in [0.3, 0.4) is 0 Å². The molecule has 0 aliphatic carbocycles. The summed E-state index contributed by atoms with van der Waals surface area (Å²) in [4.78, 5) is 25.7. The van der Waals surface area contributed by atoms with Gasteiger partial charge >= 0.3 is 5.69 Å². The SMILES string of the molecule is CSc1nnc(Cn2c(=O)cc(C)[nH]c2=O)o1. The van der Waals surface area contributed by atoms with E-state index in [2.05, 4.69) is 15.2 Å². The maximum absolute atomic E-state index is 11.6. The van der Waals surface area contributed by atoms with Crippen LogP contribution in [0.2, 0.25) is 0 Å². The lowest BCUT2D eigenvalue weighted by Crippen LogP contribution is -2.35. The third-order valence-electron chi connectivity index (χ3n) is 2.07. The largest absolute Gasteiger partial charge is 0.414 e. The molecule has 0 radical (unpaired) electrons. The van der Waals surface area contributed by atoms with Crippen molar-refractivity contribution >= 4 is 11.8 Å². The molecule has 0 amide bonds. The molecule has 1 N–H and O–H groups in total. The number of nitrogens with zero attached hydrogens (tertiary/aromatic N) is 3. The quantitative estimate of drug-likeness (QED) is 0.775. The number of rotatable bonds is 3. The third kappa shape index (κ3) is 2.47. The number of H-pyrrole nitrogens is 1. The van der Waals surface area contributed by atoms with Gasteiger partial charge in [-0.15, -0.1) is 10.2 Å². The monoisotopic (exact) mass is 254 g/mol. The van der Waals surface area contributed by atoms with Gasteiger partial charge in [0.25, 0.3) is 10.8 Å². The molecule has 2 aromatic rings. The van der Waals surface area contributed by atoms with Crippen molar-refractivity contribution in [1.82, 2.24) is 19.7 Å². The van der Waals surface area contributed by atoms with Crippen molar-refractivity contribution in [3.05, 3.63) is 38.5 Å². The molecule has 2 heterocycles. The Balaban J connectivity index is 2.36. The Kier molecular flexibility index (Phi) is 3.14. The molecule has 0 aliphatic rings. The standard InChI is InChI=1S/C9H10N4O3S/c1-5-3-7(14)13(8(15)10-5)4-6-11-12-9(16-6)17-2/h3H,4H2,1-2H3,(H,10,15). The Morgan fingerprint density at radius 3 is 2.82 bits per heavy atom. The molecule has 0 spiro atoms. The summed E-state index contributed by atoms with van der Waals surface area (Å²) in [6.07, 6.45) is 1.79. The fraction of sp³-hybridized carbons (Fsp3) is 0.333. The van der Waals surface area contributed by atoms with Gasteiger partial charge in [-0.25, -0.2) is 4.79 Å². The van der Waals surface area contributed by atoms with Crippen LogP contribution in [-0.2, 0) is 6.54 Å². The topological polar surface area (TPSA) is 93.8 Å². The van der Waals surface area contributed by atoms with Crippen molar-refractivity contribution in [2.24, 2.45) is 0 Å². The molecule has 7 nitrogen and oxygen atoms in total. The number of hydrogen-bond donors (Lipinski definition) is 1. The lowest BCUT2D eigenvalue weighted by molar-refractivity contribution is 0.400. The first-order valence-corrected chi connectivity index (χ1v) is 6.00. The van der Waals surface area contributed by atoms with E-state index < -0.39 is 11.2 Å². The second kappa shape index (κ2) is 4.58. The first-order valence-electron chi connectivity index (χ1n) is 4.77. The molecule has 0 aromatic carbocycles. The minimum absolute atomic E-state index is 0.0258. The molecule has 2 aromatic heterocycles. The van der Waals surface area contributed by atoms with Gasteiger partial charge in [-0.2, -0.15) is 0 Å². The summed E-state index contributed by atoms with van der Waals surface area (Å²) in [6.45, 7) is 1.62. The van der Waals surface area contributed by atoms with E-state index in [1.165, 1.54) is 17.8 Å². The van der Waals surface area contributed by atoms with Crippen LogP contribution in [0.25, 0.3) is 0 Å². The van der Waals surface area contributed by atoms with Crippen LogP contribution in [0.4, 0.5) is 0 Å². The van der Waals surface area contributed by atoms with E-state index >= 15 is 0 Å². The molecule has 0 saturated heterocycles. The summed E-state index contributed by atoms with van der Waals surface area (Å²) in [6, 6.07) is 1.34. The van der Waals surface area contributed by atoms with Crippen LogP contribution < -0.4 is 11.2 Å². The van der Waals surface area contributed by atoms with E-state index in [1.54, 1.807) is 13.2 Å². The molecular formula is C9H10N4O3S. The molecule has 0 unspecified atom stereocenters. The predicted octanol–water partition coefficient (Wildman–Crippen LogP) is -0.00178. The highest BCUT2D eigenvalue weighted by molar-refractivity contribution is 7.98. The van der Waals surface area contributed by atoms with E-state index in [0.29, 0.717) is 10.9 Å². The number of aromatic amines is 1. The molecule has 0 aliphatic heterocycles. The van der Waals surface area contributed by atoms with Gasteiger partial charge < -0.3 is 9.40 Å². The number of aromatic nitrogens is 4. The number of aryl methyl sites for hydroxylation is 1. The highest BCUT2D eigenvalue weighted by Gasteiger charge is 2.09. The van der Waals surface area contributed by atoms with Gasteiger partial charge in [0.05, 0.1) is 0 Å². The Labute approximate surface area is 99.9 Å². The van der Waals surface area contributed by atoms with Gasteiger partial charge in [-0.3, -0.25) is 9.36 Å². The van der Waals surface area contributed by atoms with E-state index in [1.807, 2.05) is 0 Å². The molecule has 0 bridgehead atoms. The Morgan fingerprint density at radius 2 is 2.24 bits per heavy atom. The van der Waals surface area contributed by atoms with Crippen molar-refractivity contribution in [1.29, 1.82) is 0 Å². The zero-order chi connectivity index (χ0) is 12.4. The first-order chi connectivity index (χ1) is 8.10. The Bertz CT molecular complexity index is 611. The van der Waals surface area contributed by atoms with Crippen LogP contribution in [0.5, 0.6) is 0 Å². The summed E-state index contributed by atoms with van der Waals surface area (Å²) >= 11 is 1.30.